The third kappa shape index (κ3) is 3.67. The lowest BCUT2D eigenvalue weighted by Gasteiger charge is -2.22. The van der Waals surface area contributed by atoms with Crippen LogP contribution in [0.25, 0.3) is 0 Å². The molecule has 1 aliphatic heterocycles. The molecule has 0 spiro atoms. The van der Waals surface area contributed by atoms with Crippen molar-refractivity contribution in [1.82, 2.24) is 4.90 Å². The van der Waals surface area contributed by atoms with Gasteiger partial charge in [-0.05, 0) is 30.5 Å². The number of amidine groups is 1. The maximum absolute atomic E-state index is 12.9. The van der Waals surface area contributed by atoms with E-state index in [-0.39, 0.29) is 40.3 Å². The Balaban J connectivity index is 1.93. The largest absolute Gasteiger partial charge is 0.483 e. The molecule has 3 rings (SSSR count). The topological polar surface area (TPSA) is 114 Å². The predicted octanol–water partition coefficient (Wildman–Crippen LogP) is 1.82. The van der Waals surface area contributed by atoms with Gasteiger partial charge in [0.05, 0.1) is 22.0 Å². The molecule has 2 unspecified atom stereocenters. The number of nitrogens with two attached hydrogens (primary N) is 1. The number of likely N-dealkylation sites (tertiary alicyclic amines) is 1. The number of alkyl halides is 3. The summed E-state index contributed by atoms with van der Waals surface area (Å²) in [4.78, 5) is 14.2. The van der Waals surface area contributed by atoms with Gasteiger partial charge in [0.1, 0.15) is 5.75 Å². The lowest BCUT2D eigenvalue weighted by Crippen LogP contribution is -2.36. The van der Waals surface area contributed by atoms with E-state index in [4.69, 9.17) is 15.9 Å². The van der Waals surface area contributed by atoms with Crippen molar-refractivity contribution in [1.29, 1.82) is 5.41 Å². The van der Waals surface area contributed by atoms with Crippen LogP contribution in [0.15, 0.2) is 23.1 Å². The van der Waals surface area contributed by atoms with E-state index in [1.54, 1.807) is 0 Å². The third-order valence-electron chi connectivity index (χ3n) is 5.28. The van der Waals surface area contributed by atoms with E-state index in [1.165, 1.54) is 11.8 Å². The van der Waals surface area contributed by atoms with Gasteiger partial charge in [0.2, 0.25) is 0 Å². The second-order valence-corrected chi connectivity index (χ2v) is 9.40. The van der Waals surface area contributed by atoms with Crippen LogP contribution >= 0.6 is 0 Å². The summed E-state index contributed by atoms with van der Waals surface area (Å²) < 4.78 is 66.7. The highest BCUT2D eigenvalue weighted by atomic mass is 32.2. The fraction of sp³-hybridized carbons (Fsp3) is 0.529. The van der Waals surface area contributed by atoms with Crippen LogP contribution in [0.5, 0.6) is 5.75 Å². The number of ether oxygens (including phenoxy) is 1. The molecule has 1 aromatic carbocycles. The number of benzene rings is 1. The summed E-state index contributed by atoms with van der Waals surface area (Å²) in [5.74, 6) is -1.18. The highest BCUT2D eigenvalue weighted by Gasteiger charge is 2.63. The molecule has 1 saturated heterocycles. The molecule has 2 atom stereocenters. The molecular formula is C17H20F3N3O4S. The Morgan fingerprint density at radius 3 is 2.64 bits per heavy atom. The zero-order valence-corrected chi connectivity index (χ0v) is 15.9. The standard InChI is InChI=1S/C17H20F3N3O4S/c1-2-28(25,26)11-3-4-13(27-9-17(18,19)20)12(5-11)14(24)23-7-10-6-16(10,8-23)15(21)22/h3-5,10H,2,6-9H2,1H3,(H3,21,22). The number of amides is 1. The average Bonchev–Trinajstić information content (AvgIpc) is 3.20. The Labute approximate surface area is 160 Å². The molecule has 3 N–H and O–H groups in total. The van der Waals surface area contributed by atoms with Crippen molar-refractivity contribution < 1.29 is 31.1 Å². The van der Waals surface area contributed by atoms with E-state index >= 15 is 0 Å². The summed E-state index contributed by atoms with van der Waals surface area (Å²) in [6.45, 7) is 0.305. The second kappa shape index (κ2) is 6.64. The van der Waals surface area contributed by atoms with Gasteiger partial charge in [-0.2, -0.15) is 13.2 Å². The Morgan fingerprint density at radius 2 is 2.11 bits per heavy atom. The third-order valence-corrected chi connectivity index (χ3v) is 7.01. The van der Waals surface area contributed by atoms with Crippen LogP contribution in [-0.4, -0.2) is 56.7 Å². The normalized spacial score (nSPS) is 24.0. The maximum atomic E-state index is 12.9. The van der Waals surface area contributed by atoms with Gasteiger partial charge in [-0.1, -0.05) is 6.92 Å². The smallest absolute Gasteiger partial charge is 0.422 e. The molecule has 1 heterocycles. The Kier molecular flexibility index (Phi) is 4.85. The molecule has 1 aliphatic carbocycles. The molecule has 2 aliphatic rings. The molecule has 1 saturated carbocycles. The van der Waals surface area contributed by atoms with Crippen LogP contribution in [0.3, 0.4) is 0 Å². The predicted molar refractivity (Wildman–Crippen MR) is 94.1 cm³/mol. The number of hydrogen-bond acceptors (Lipinski definition) is 5. The monoisotopic (exact) mass is 419 g/mol. The zero-order chi connectivity index (χ0) is 20.9. The van der Waals surface area contributed by atoms with Gasteiger partial charge < -0.3 is 15.4 Å². The first-order chi connectivity index (χ1) is 12.9. The van der Waals surface area contributed by atoms with E-state index < -0.39 is 33.9 Å². The quantitative estimate of drug-likeness (QED) is 0.539. The van der Waals surface area contributed by atoms with Gasteiger partial charge in [-0.25, -0.2) is 8.42 Å². The van der Waals surface area contributed by atoms with E-state index in [1.807, 2.05) is 0 Å². The lowest BCUT2D eigenvalue weighted by molar-refractivity contribution is -0.153. The van der Waals surface area contributed by atoms with Gasteiger partial charge in [-0.3, -0.25) is 10.2 Å². The Bertz CT molecular complexity index is 932. The second-order valence-electron chi connectivity index (χ2n) is 7.12. The Morgan fingerprint density at radius 1 is 1.43 bits per heavy atom. The van der Waals surface area contributed by atoms with Gasteiger partial charge in [0.25, 0.3) is 5.91 Å². The molecule has 0 bridgehead atoms. The van der Waals surface area contributed by atoms with Gasteiger partial charge in [-0.15, -0.1) is 0 Å². The molecule has 7 nitrogen and oxygen atoms in total. The SMILES string of the molecule is CCS(=O)(=O)c1ccc(OCC(F)(F)F)c(C(=O)N2CC3CC3(C(=N)N)C2)c1. The molecule has 1 amide bonds. The van der Waals surface area contributed by atoms with Crippen LogP contribution in [0.1, 0.15) is 23.7 Å². The molecule has 0 aromatic heterocycles. The molecule has 11 heteroatoms. The first kappa shape index (κ1) is 20.4. The van der Waals surface area contributed by atoms with Gasteiger partial charge >= 0.3 is 6.18 Å². The summed E-state index contributed by atoms with van der Waals surface area (Å²) >= 11 is 0. The molecule has 28 heavy (non-hydrogen) atoms. The van der Waals surface area contributed by atoms with Crippen LogP contribution in [-0.2, 0) is 9.84 Å². The zero-order valence-electron chi connectivity index (χ0n) is 15.0. The number of sulfone groups is 1. The van der Waals surface area contributed by atoms with Gasteiger partial charge in [0, 0.05) is 18.5 Å². The molecule has 0 radical (unpaired) electrons. The number of piperidine rings is 1. The number of hydrogen-bond donors (Lipinski definition) is 2. The summed E-state index contributed by atoms with van der Waals surface area (Å²) in [5, 5.41) is 7.69. The number of nitrogens with one attached hydrogen (secondary N) is 1. The fourth-order valence-electron chi connectivity index (χ4n) is 3.55. The molecule has 1 aromatic rings. The van der Waals surface area contributed by atoms with Crippen molar-refractivity contribution in [2.75, 3.05) is 25.4 Å². The van der Waals surface area contributed by atoms with E-state index in [0.29, 0.717) is 13.0 Å². The van der Waals surface area contributed by atoms with Crippen molar-refractivity contribution in [2.24, 2.45) is 17.1 Å². The van der Waals surface area contributed by atoms with Crippen LogP contribution < -0.4 is 10.5 Å². The van der Waals surface area contributed by atoms with E-state index in [0.717, 1.165) is 18.2 Å². The minimum Gasteiger partial charge on any atom is -0.483 e. The first-order valence-corrected chi connectivity index (χ1v) is 10.2. The van der Waals surface area contributed by atoms with Crippen molar-refractivity contribution >= 4 is 21.6 Å². The minimum absolute atomic E-state index is 0.0244. The van der Waals surface area contributed by atoms with Crippen molar-refractivity contribution in [3.8, 4) is 5.75 Å². The Hall–Kier alpha value is -2.30. The molecular weight excluding hydrogens is 399 g/mol. The van der Waals surface area contributed by atoms with Crippen LogP contribution in [0.4, 0.5) is 13.2 Å². The number of carbonyl (C=O) groups is 1. The molecule has 2 fully saturated rings. The number of nitrogens with zero attached hydrogens (tertiary/aromatic N) is 1. The number of halogens is 3. The summed E-state index contributed by atoms with van der Waals surface area (Å²) in [6.07, 6.45) is -3.92. The van der Waals surface area contributed by atoms with E-state index in [2.05, 4.69) is 0 Å². The van der Waals surface area contributed by atoms with Crippen molar-refractivity contribution in [2.45, 2.75) is 24.4 Å². The van der Waals surface area contributed by atoms with Crippen molar-refractivity contribution in [3.63, 3.8) is 0 Å². The van der Waals surface area contributed by atoms with Crippen molar-refractivity contribution in [3.05, 3.63) is 23.8 Å². The number of carbonyl (C=O) groups excluding carboxylic acids is 1. The fourth-order valence-corrected chi connectivity index (χ4v) is 4.45. The first-order valence-electron chi connectivity index (χ1n) is 8.60. The summed E-state index contributed by atoms with van der Waals surface area (Å²) in [5.41, 5.74) is 4.79. The molecule has 154 valence electrons. The van der Waals surface area contributed by atoms with E-state index in [9.17, 15) is 26.4 Å². The minimum atomic E-state index is -4.61. The lowest BCUT2D eigenvalue weighted by atomic mass is 10.1. The van der Waals surface area contributed by atoms with Crippen LogP contribution in [0, 0.1) is 16.7 Å². The average molecular weight is 419 g/mol. The summed E-state index contributed by atoms with van der Waals surface area (Å²) in [6, 6.07) is 3.25. The highest BCUT2D eigenvalue weighted by Crippen LogP contribution is 2.57. The maximum Gasteiger partial charge on any atom is 0.422 e. The summed E-state index contributed by atoms with van der Waals surface area (Å²) in [7, 11) is -3.67. The number of fused-ring (bicyclic) bond motifs is 1. The van der Waals surface area contributed by atoms with Crippen LogP contribution in [0.2, 0.25) is 0 Å². The highest BCUT2D eigenvalue weighted by molar-refractivity contribution is 7.91. The van der Waals surface area contributed by atoms with Gasteiger partial charge in [0.15, 0.2) is 16.4 Å². The number of rotatable bonds is 6.